The summed E-state index contributed by atoms with van der Waals surface area (Å²) in [5.74, 6) is -0.436. The smallest absolute Gasteiger partial charge is 0.325 e. The van der Waals surface area contributed by atoms with Gasteiger partial charge in [0.05, 0.1) is 13.7 Å². The zero-order valence-corrected chi connectivity index (χ0v) is 8.67. The summed E-state index contributed by atoms with van der Waals surface area (Å²) in [7, 11) is 1.31. The molecule has 4 nitrogen and oxygen atoms in total. The predicted octanol–water partition coefficient (Wildman–Crippen LogP) is 0.288. The number of carbonyl (C=O) groups excluding carboxylic acids is 1. The number of methoxy groups -OCH3 is 1. The number of halogens is 1. The van der Waals surface area contributed by atoms with Gasteiger partial charge in [0.1, 0.15) is 6.04 Å². The van der Waals surface area contributed by atoms with Gasteiger partial charge in [-0.15, -0.1) is 0 Å². The Hall–Kier alpha value is -0.130. The number of hydrogen-bond acceptors (Lipinski definition) is 4. The van der Waals surface area contributed by atoms with Crippen molar-refractivity contribution in [1.82, 2.24) is 0 Å². The van der Waals surface area contributed by atoms with Crippen LogP contribution < -0.4 is 5.73 Å². The van der Waals surface area contributed by atoms with Crippen LogP contribution in [0.5, 0.6) is 0 Å². The second-order valence-electron chi connectivity index (χ2n) is 2.25. The molecule has 0 rings (SSSR count). The van der Waals surface area contributed by atoms with Crippen molar-refractivity contribution < 1.29 is 14.3 Å². The van der Waals surface area contributed by atoms with E-state index in [-0.39, 0.29) is 6.61 Å². The maximum absolute atomic E-state index is 10.7. The molecule has 0 spiro atoms. The highest BCUT2D eigenvalue weighted by molar-refractivity contribution is 9.09. The van der Waals surface area contributed by atoms with E-state index in [4.69, 9.17) is 10.5 Å². The Morgan fingerprint density at radius 3 is 2.83 bits per heavy atom. The molecule has 0 saturated heterocycles. The fourth-order valence-corrected chi connectivity index (χ4v) is 0.815. The molecular formula is C7H14BrNO3. The minimum Gasteiger partial charge on any atom is -0.468 e. The molecule has 1 atom stereocenters. The summed E-state index contributed by atoms with van der Waals surface area (Å²) in [4.78, 5) is 10.7. The van der Waals surface area contributed by atoms with Gasteiger partial charge in [0.15, 0.2) is 0 Å². The standard InChI is InChI=1S/C7H14BrNO3/c1-11-7(10)6(9)5-12-4-2-3-8/h6H,2-5,9H2,1H3/t6-/m0/s1. The summed E-state index contributed by atoms with van der Waals surface area (Å²) in [5.41, 5.74) is 5.40. The molecule has 0 aliphatic carbocycles. The van der Waals surface area contributed by atoms with E-state index < -0.39 is 12.0 Å². The number of nitrogens with two attached hydrogens (primary N) is 1. The zero-order chi connectivity index (χ0) is 9.40. The molecule has 0 aliphatic rings. The van der Waals surface area contributed by atoms with Gasteiger partial charge in [-0.2, -0.15) is 0 Å². The first-order valence-corrected chi connectivity index (χ1v) is 4.81. The number of ether oxygens (including phenoxy) is 2. The average Bonchev–Trinajstić information content (AvgIpc) is 2.10. The maximum Gasteiger partial charge on any atom is 0.325 e. The Morgan fingerprint density at radius 1 is 1.67 bits per heavy atom. The molecule has 5 heteroatoms. The van der Waals surface area contributed by atoms with Crippen molar-refractivity contribution >= 4 is 21.9 Å². The minimum absolute atomic E-state index is 0.222. The lowest BCUT2D eigenvalue weighted by Gasteiger charge is -2.08. The van der Waals surface area contributed by atoms with Crippen LogP contribution in [0.3, 0.4) is 0 Å². The molecule has 0 bridgehead atoms. The Labute approximate surface area is 80.5 Å². The molecule has 0 saturated carbocycles. The predicted molar refractivity (Wildman–Crippen MR) is 49.2 cm³/mol. The van der Waals surface area contributed by atoms with E-state index in [1.807, 2.05) is 0 Å². The van der Waals surface area contributed by atoms with Crippen LogP contribution in [-0.2, 0) is 14.3 Å². The van der Waals surface area contributed by atoms with Crippen LogP contribution in [0.2, 0.25) is 0 Å². The quantitative estimate of drug-likeness (QED) is 0.411. The van der Waals surface area contributed by atoms with Crippen LogP contribution >= 0.6 is 15.9 Å². The third-order valence-corrected chi connectivity index (χ3v) is 1.78. The summed E-state index contributed by atoms with van der Waals surface area (Å²) in [6, 6.07) is -0.662. The largest absolute Gasteiger partial charge is 0.468 e. The van der Waals surface area contributed by atoms with Gasteiger partial charge in [0.25, 0.3) is 0 Å². The first-order chi connectivity index (χ1) is 5.72. The number of alkyl halides is 1. The van der Waals surface area contributed by atoms with E-state index in [0.29, 0.717) is 6.61 Å². The second kappa shape index (κ2) is 7.52. The monoisotopic (exact) mass is 239 g/mol. The summed E-state index contributed by atoms with van der Waals surface area (Å²) in [5, 5.41) is 0.889. The lowest BCUT2D eigenvalue weighted by atomic mass is 10.3. The van der Waals surface area contributed by atoms with Crippen molar-refractivity contribution in [3.63, 3.8) is 0 Å². The Morgan fingerprint density at radius 2 is 2.33 bits per heavy atom. The number of esters is 1. The van der Waals surface area contributed by atoms with E-state index in [9.17, 15) is 4.79 Å². The maximum atomic E-state index is 10.7. The number of carbonyl (C=O) groups is 1. The summed E-state index contributed by atoms with van der Waals surface area (Å²) in [6.07, 6.45) is 0.911. The molecule has 0 radical (unpaired) electrons. The SMILES string of the molecule is COC(=O)[C@@H](N)COCCCBr. The second-order valence-corrected chi connectivity index (χ2v) is 3.04. The molecule has 0 aromatic heterocycles. The molecular weight excluding hydrogens is 226 g/mol. The summed E-state index contributed by atoms with van der Waals surface area (Å²) < 4.78 is 9.52. The van der Waals surface area contributed by atoms with Crippen molar-refractivity contribution in [3.05, 3.63) is 0 Å². The van der Waals surface area contributed by atoms with E-state index >= 15 is 0 Å². The third kappa shape index (κ3) is 5.51. The van der Waals surface area contributed by atoms with Gasteiger partial charge in [-0.05, 0) is 6.42 Å². The Kier molecular flexibility index (Phi) is 7.43. The molecule has 0 unspecified atom stereocenters. The van der Waals surface area contributed by atoms with Crippen molar-refractivity contribution in [3.8, 4) is 0 Å². The third-order valence-electron chi connectivity index (χ3n) is 1.22. The van der Waals surface area contributed by atoms with Crippen molar-refractivity contribution in [1.29, 1.82) is 0 Å². The van der Waals surface area contributed by atoms with E-state index in [1.54, 1.807) is 0 Å². The van der Waals surface area contributed by atoms with Crippen molar-refractivity contribution in [2.24, 2.45) is 5.73 Å². The Balaban J connectivity index is 3.31. The van der Waals surface area contributed by atoms with Crippen molar-refractivity contribution in [2.45, 2.75) is 12.5 Å². The Bertz CT molecular complexity index is 132. The first-order valence-electron chi connectivity index (χ1n) is 3.69. The minimum atomic E-state index is -0.662. The van der Waals surface area contributed by atoms with Gasteiger partial charge >= 0.3 is 5.97 Å². The summed E-state index contributed by atoms with van der Waals surface area (Å²) >= 11 is 3.26. The van der Waals surface area contributed by atoms with E-state index in [0.717, 1.165) is 11.8 Å². The van der Waals surface area contributed by atoms with Gasteiger partial charge in [-0.3, -0.25) is 4.79 Å². The molecule has 72 valence electrons. The lowest BCUT2D eigenvalue weighted by Crippen LogP contribution is -2.36. The van der Waals surface area contributed by atoms with E-state index in [2.05, 4.69) is 20.7 Å². The molecule has 0 aromatic carbocycles. The van der Waals surface area contributed by atoms with Gasteiger partial charge in [-0.25, -0.2) is 0 Å². The number of hydrogen-bond donors (Lipinski definition) is 1. The molecule has 2 N–H and O–H groups in total. The molecule has 0 fully saturated rings. The van der Waals surface area contributed by atoms with Crippen LogP contribution in [0.4, 0.5) is 0 Å². The van der Waals surface area contributed by atoms with Crippen LogP contribution in [-0.4, -0.2) is 37.7 Å². The fraction of sp³-hybridized carbons (Fsp3) is 0.857. The van der Waals surface area contributed by atoms with Gasteiger partial charge in [-0.1, -0.05) is 15.9 Å². The molecule has 0 aliphatic heterocycles. The number of rotatable bonds is 6. The molecule has 0 heterocycles. The van der Waals surface area contributed by atoms with Gasteiger partial charge in [0.2, 0.25) is 0 Å². The van der Waals surface area contributed by atoms with Crippen molar-refractivity contribution in [2.75, 3.05) is 25.7 Å². The average molecular weight is 240 g/mol. The van der Waals surface area contributed by atoms with Gasteiger partial charge < -0.3 is 15.2 Å². The molecule has 0 aromatic rings. The molecule has 12 heavy (non-hydrogen) atoms. The molecule has 0 amide bonds. The highest BCUT2D eigenvalue weighted by Gasteiger charge is 2.12. The highest BCUT2D eigenvalue weighted by atomic mass is 79.9. The van der Waals surface area contributed by atoms with Crippen LogP contribution in [0.1, 0.15) is 6.42 Å². The van der Waals surface area contributed by atoms with E-state index in [1.165, 1.54) is 7.11 Å². The van der Waals surface area contributed by atoms with Crippen LogP contribution in [0.25, 0.3) is 0 Å². The first kappa shape index (κ1) is 11.9. The van der Waals surface area contributed by atoms with Crippen LogP contribution in [0, 0.1) is 0 Å². The topological polar surface area (TPSA) is 61.5 Å². The fourth-order valence-electron chi connectivity index (χ4n) is 0.586. The van der Waals surface area contributed by atoms with Gasteiger partial charge in [0, 0.05) is 11.9 Å². The highest BCUT2D eigenvalue weighted by Crippen LogP contribution is 1.91. The van der Waals surface area contributed by atoms with Crippen LogP contribution in [0.15, 0.2) is 0 Å². The normalized spacial score (nSPS) is 12.6. The summed E-state index contributed by atoms with van der Waals surface area (Å²) in [6.45, 7) is 0.829. The zero-order valence-electron chi connectivity index (χ0n) is 7.09. The lowest BCUT2D eigenvalue weighted by molar-refractivity contribution is -0.143.